The first-order chi connectivity index (χ1) is 5.52. The van der Waals surface area contributed by atoms with Crippen molar-refractivity contribution < 1.29 is 0 Å². The summed E-state index contributed by atoms with van der Waals surface area (Å²) in [6.07, 6.45) is 0. The molecule has 70 valence electrons. The van der Waals surface area contributed by atoms with Gasteiger partial charge < -0.3 is 0 Å². The van der Waals surface area contributed by atoms with Crippen LogP contribution >= 0.6 is 0 Å². The molecule has 0 spiro atoms. The molecule has 0 aromatic carbocycles. The van der Waals surface area contributed by atoms with Crippen LogP contribution in [0.3, 0.4) is 0 Å². The molecule has 1 atom stereocenters. The minimum atomic E-state index is 0.595. The molecule has 0 radical (unpaired) electrons. The summed E-state index contributed by atoms with van der Waals surface area (Å²) < 4.78 is 1.21. The van der Waals surface area contributed by atoms with Gasteiger partial charge in [-0.05, 0) is 0 Å². The fourth-order valence-electron chi connectivity index (χ4n) is 1.40. The first-order valence-corrected chi connectivity index (χ1v) is 5.45. The van der Waals surface area contributed by atoms with E-state index in [1.54, 1.807) is 0 Å². The van der Waals surface area contributed by atoms with Crippen molar-refractivity contribution in [2.45, 2.75) is 39.8 Å². The Kier molecular flexibility index (Phi) is 3.19. The van der Waals surface area contributed by atoms with E-state index in [0.717, 1.165) is 6.54 Å². The molecule has 1 rings (SSSR count). The molecule has 1 aliphatic rings. The molecule has 0 aliphatic carbocycles. The van der Waals surface area contributed by atoms with Gasteiger partial charge in [-0.3, -0.25) is 0 Å². The molecule has 12 heavy (non-hydrogen) atoms. The van der Waals surface area contributed by atoms with Crippen molar-refractivity contribution in [3.05, 3.63) is 0 Å². The number of rotatable bonds is 2. The standard InChI is InChI=1S/C9H18N2Se/c1-6(2)8-5-11(7(3)4)9(12)10-8/h6-8H,5H2,1-4H3,(H,10,12). The number of hydrogen-bond acceptors (Lipinski definition) is 2. The molecule has 0 aromatic heterocycles. The minimum absolute atomic E-state index is 0.595. The molecule has 3 heteroatoms. The van der Waals surface area contributed by atoms with E-state index < -0.39 is 0 Å². The van der Waals surface area contributed by atoms with Crippen molar-refractivity contribution in [3.8, 4) is 0 Å². The van der Waals surface area contributed by atoms with E-state index in [0.29, 0.717) is 18.0 Å². The van der Waals surface area contributed by atoms with Gasteiger partial charge in [0.1, 0.15) is 0 Å². The van der Waals surface area contributed by atoms with Crippen LogP contribution in [0.1, 0.15) is 27.7 Å². The van der Waals surface area contributed by atoms with Crippen LogP contribution in [0, 0.1) is 5.92 Å². The molecule has 0 saturated carbocycles. The van der Waals surface area contributed by atoms with Gasteiger partial charge in [-0.1, -0.05) is 0 Å². The van der Waals surface area contributed by atoms with Crippen LogP contribution in [0.15, 0.2) is 0 Å². The average molecular weight is 233 g/mol. The summed E-state index contributed by atoms with van der Waals surface area (Å²) in [6.45, 7) is 10.1. The van der Waals surface area contributed by atoms with Crippen molar-refractivity contribution in [2.75, 3.05) is 6.54 Å². The Labute approximate surface area is 83.1 Å². The third-order valence-electron chi connectivity index (χ3n) is 2.39. The molecule has 1 saturated heterocycles. The Morgan fingerprint density at radius 3 is 2.25 bits per heavy atom. The molecule has 1 N–H and O–H groups in total. The van der Waals surface area contributed by atoms with E-state index in [1.807, 2.05) is 0 Å². The summed E-state index contributed by atoms with van der Waals surface area (Å²) in [6, 6.07) is 1.21. The molecule has 1 unspecified atom stereocenters. The van der Waals surface area contributed by atoms with Crippen molar-refractivity contribution in [1.82, 2.24) is 10.2 Å². The van der Waals surface area contributed by atoms with Gasteiger partial charge in [0.05, 0.1) is 0 Å². The molecule has 1 heterocycles. The van der Waals surface area contributed by atoms with Crippen molar-refractivity contribution >= 4 is 20.2 Å². The topological polar surface area (TPSA) is 15.3 Å². The molecular weight excluding hydrogens is 215 g/mol. The molecule has 0 bridgehead atoms. The van der Waals surface area contributed by atoms with Crippen molar-refractivity contribution in [1.29, 1.82) is 0 Å². The summed E-state index contributed by atoms with van der Waals surface area (Å²) in [7, 11) is 0. The summed E-state index contributed by atoms with van der Waals surface area (Å²) in [5.41, 5.74) is 0. The van der Waals surface area contributed by atoms with E-state index in [1.165, 1.54) is 4.67 Å². The van der Waals surface area contributed by atoms with Crippen LogP contribution in [-0.2, 0) is 0 Å². The molecule has 0 amide bonds. The van der Waals surface area contributed by atoms with E-state index in [9.17, 15) is 0 Å². The number of hydrogen-bond donors (Lipinski definition) is 1. The predicted octanol–water partition coefficient (Wildman–Crippen LogP) is 0.581. The van der Waals surface area contributed by atoms with Crippen LogP contribution in [0.5, 0.6) is 0 Å². The zero-order valence-corrected chi connectivity index (χ0v) is 10.0. The van der Waals surface area contributed by atoms with Crippen LogP contribution in [0.4, 0.5) is 0 Å². The second-order valence-electron chi connectivity index (χ2n) is 4.05. The number of nitrogens with one attached hydrogen (secondary N) is 1. The van der Waals surface area contributed by atoms with Gasteiger partial charge in [0.2, 0.25) is 0 Å². The zero-order valence-electron chi connectivity index (χ0n) is 8.29. The third-order valence-corrected chi connectivity index (χ3v) is 3.13. The molecule has 0 aromatic rings. The van der Waals surface area contributed by atoms with Gasteiger partial charge in [0.25, 0.3) is 0 Å². The maximum absolute atomic E-state index is 3.47. The molecule has 1 fully saturated rings. The van der Waals surface area contributed by atoms with Gasteiger partial charge in [-0.15, -0.1) is 0 Å². The van der Waals surface area contributed by atoms with Gasteiger partial charge >= 0.3 is 82.7 Å². The maximum atomic E-state index is 3.47. The van der Waals surface area contributed by atoms with Crippen molar-refractivity contribution in [3.63, 3.8) is 0 Å². The van der Waals surface area contributed by atoms with E-state index in [2.05, 4.69) is 53.5 Å². The zero-order chi connectivity index (χ0) is 9.30. The molecule has 1 aliphatic heterocycles. The first-order valence-electron chi connectivity index (χ1n) is 4.59. The van der Waals surface area contributed by atoms with Crippen LogP contribution in [-0.4, -0.2) is 43.8 Å². The van der Waals surface area contributed by atoms with Crippen LogP contribution in [0.2, 0.25) is 0 Å². The Bertz CT molecular complexity index is 177. The summed E-state index contributed by atoms with van der Waals surface area (Å²) >= 11 is 3.09. The summed E-state index contributed by atoms with van der Waals surface area (Å²) in [5, 5.41) is 3.47. The first kappa shape index (κ1) is 10.1. The Morgan fingerprint density at radius 1 is 1.42 bits per heavy atom. The predicted molar refractivity (Wildman–Crippen MR) is 54.4 cm³/mol. The van der Waals surface area contributed by atoms with Gasteiger partial charge in [0.15, 0.2) is 0 Å². The SMILES string of the molecule is CC(C)C1CN(C(C)C)C(=[Se])N1. The Morgan fingerprint density at radius 2 is 2.00 bits per heavy atom. The summed E-state index contributed by atoms with van der Waals surface area (Å²) in [5.74, 6) is 0.706. The van der Waals surface area contributed by atoms with Gasteiger partial charge in [-0.2, -0.15) is 0 Å². The second-order valence-corrected chi connectivity index (χ2v) is 4.86. The van der Waals surface area contributed by atoms with E-state index in [-0.39, 0.29) is 0 Å². The van der Waals surface area contributed by atoms with Gasteiger partial charge in [0, 0.05) is 0 Å². The van der Waals surface area contributed by atoms with Gasteiger partial charge in [-0.25, -0.2) is 0 Å². The second kappa shape index (κ2) is 3.80. The normalized spacial score (nSPS) is 24.0. The fraction of sp³-hybridized carbons (Fsp3) is 0.889. The quantitative estimate of drug-likeness (QED) is 0.702. The Balaban J connectivity index is 2.56. The molecular formula is C9H18N2Se. The van der Waals surface area contributed by atoms with Crippen molar-refractivity contribution in [2.24, 2.45) is 5.92 Å². The number of nitrogens with zero attached hydrogens (tertiary/aromatic N) is 1. The Hall–Kier alpha value is -0.0105. The monoisotopic (exact) mass is 234 g/mol. The molecule has 2 nitrogen and oxygen atoms in total. The summed E-state index contributed by atoms with van der Waals surface area (Å²) in [4.78, 5) is 2.38. The van der Waals surface area contributed by atoms with E-state index >= 15 is 0 Å². The van der Waals surface area contributed by atoms with Crippen LogP contribution in [0.25, 0.3) is 0 Å². The average Bonchev–Trinajstić information content (AvgIpc) is 2.30. The van der Waals surface area contributed by atoms with Crippen LogP contribution < -0.4 is 5.32 Å². The fourth-order valence-corrected chi connectivity index (χ4v) is 2.32. The van der Waals surface area contributed by atoms with E-state index in [4.69, 9.17) is 0 Å². The third kappa shape index (κ3) is 2.02.